The van der Waals surface area contributed by atoms with E-state index in [1.807, 2.05) is 0 Å². The molecule has 0 fully saturated rings. The third-order valence-electron chi connectivity index (χ3n) is 3.25. The Hall–Kier alpha value is -1.15. The highest BCUT2D eigenvalue weighted by Crippen LogP contribution is 2.06. The molecule has 0 saturated carbocycles. The molecule has 132 valence electrons. The molecule has 1 unspecified atom stereocenters. The average Bonchev–Trinajstić information content (AvgIpc) is 2.52. The Balaban J connectivity index is 0.00000484. The molecule has 0 heterocycles. The van der Waals surface area contributed by atoms with Gasteiger partial charge in [-0.25, -0.2) is 13.1 Å². The van der Waals surface area contributed by atoms with Gasteiger partial charge in [0.05, 0.1) is 4.90 Å². The van der Waals surface area contributed by atoms with Crippen molar-refractivity contribution in [1.82, 2.24) is 10.0 Å². The molecule has 0 saturated heterocycles. The number of nitrogens with one attached hydrogen (secondary N) is 2. The lowest BCUT2D eigenvalue weighted by Gasteiger charge is -2.16. The summed E-state index contributed by atoms with van der Waals surface area (Å²) in [6, 6.07) is 8.03. The van der Waals surface area contributed by atoms with Gasteiger partial charge in [-0.15, -0.1) is 12.4 Å². The number of rotatable bonds is 10. The van der Waals surface area contributed by atoms with Crippen LogP contribution in [-0.2, 0) is 14.8 Å². The molecule has 23 heavy (non-hydrogen) atoms. The maximum atomic E-state index is 12.0. The normalized spacial score (nSPS) is 12.3. The number of hydrogen-bond donors (Lipinski definition) is 3. The van der Waals surface area contributed by atoms with Crippen molar-refractivity contribution in [1.29, 1.82) is 0 Å². The molecular weight excluding hydrogens is 338 g/mol. The first kappa shape index (κ1) is 21.9. The zero-order chi connectivity index (χ0) is 16.4. The fourth-order valence-corrected chi connectivity index (χ4v) is 3.03. The standard InChI is InChI=1S/C15H25N3O3S.ClH/c1-2-3-7-13(12-16)18-15(19)10-11-17-22(20,21)14-8-5-4-6-9-14;/h4-6,8-9,13,17H,2-3,7,10-12,16H2,1H3,(H,18,19);1H. The van der Waals surface area contributed by atoms with Gasteiger partial charge in [-0.2, -0.15) is 0 Å². The minimum absolute atomic E-state index is 0. The van der Waals surface area contributed by atoms with Crippen molar-refractivity contribution in [2.24, 2.45) is 5.73 Å². The van der Waals surface area contributed by atoms with E-state index in [9.17, 15) is 13.2 Å². The van der Waals surface area contributed by atoms with Gasteiger partial charge >= 0.3 is 0 Å². The summed E-state index contributed by atoms with van der Waals surface area (Å²) in [5, 5.41) is 2.83. The van der Waals surface area contributed by atoms with E-state index in [4.69, 9.17) is 5.73 Å². The smallest absolute Gasteiger partial charge is 0.240 e. The van der Waals surface area contributed by atoms with E-state index < -0.39 is 10.0 Å². The molecule has 1 amide bonds. The van der Waals surface area contributed by atoms with E-state index in [2.05, 4.69) is 17.0 Å². The van der Waals surface area contributed by atoms with Gasteiger partial charge in [0.2, 0.25) is 15.9 Å². The Morgan fingerprint density at radius 2 is 1.91 bits per heavy atom. The molecule has 0 bridgehead atoms. The van der Waals surface area contributed by atoms with Crippen molar-refractivity contribution in [3.8, 4) is 0 Å². The highest BCUT2D eigenvalue weighted by molar-refractivity contribution is 7.89. The van der Waals surface area contributed by atoms with Crippen LogP contribution in [0.15, 0.2) is 35.2 Å². The van der Waals surface area contributed by atoms with Crippen LogP contribution in [0.2, 0.25) is 0 Å². The van der Waals surface area contributed by atoms with Crippen molar-refractivity contribution >= 4 is 28.3 Å². The van der Waals surface area contributed by atoms with Crippen LogP contribution in [0, 0.1) is 0 Å². The zero-order valence-corrected chi connectivity index (χ0v) is 15.0. The van der Waals surface area contributed by atoms with Crippen molar-refractivity contribution in [3.05, 3.63) is 30.3 Å². The SMILES string of the molecule is CCCCC(CN)NC(=O)CCNS(=O)(=O)c1ccccc1.Cl. The molecule has 0 radical (unpaired) electrons. The molecule has 1 rings (SSSR count). The van der Waals surface area contributed by atoms with Crippen LogP contribution < -0.4 is 15.8 Å². The summed E-state index contributed by atoms with van der Waals surface area (Å²) in [4.78, 5) is 12.0. The quantitative estimate of drug-likeness (QED) is 0.585. The fourth-order valence-electron chi connectivity index (χ4n) is 1.98. The second-order valence-corrected chi connectivity index (χ2v) is 6.87. The number of carbonyl (C=O) groups excluding carboxylic acids is 1. The second kappa shape index (κ2) is 11.4. The Bertz CT molecular complexity index is 552. The van der Waals surface area contributed by atoms with E-state index in [1.54, 1.807) is 18.2 Å². The zero-order valence-electron chi connectivity index (χ0n) is 13.3. The molecular formula is C15H26ClN3O3S. The van der Waals surface area contributed by atoms with Gasteiger partial charge < -0.3 is 11.1 Å². The molecule has 8 heteroatoms. The predicted molar refractivity (Wildman–Crippen MR) is 94.0 cm³/mol. The average molecular weight is 364 g/mol. The minimum atomic E-state index is -3.56. The van der Waals surface area contributed by atoms with Crippen LogP contribution in [0.1, 0.15) is 32.6 Å². The summed E-state index contributed by atoms with van der Waals surface area (Å²) in [5.74, 6) is -0.192. The maximum Gasteiger partial charge on any atom is 0.240 e. The summed E-state index contributed by atoms with van der Waals surface area (Å²) in [6.45, 7) is 2.53. The summed E-state index contributed by atoms with van der Waals surface area (Å²) in [6.07, 6.45) is 2.98. The third-order valence-corrected chi connectivity index (χ3v) is 4.73. The van der Waals surface area contributed by atoms with E-state index in [-0.39, 0.29) is 42.2 Å². The van der Waals surface area contributed by atoms with Gasteiger partial charge in [0, 0.05) is 25.6 Å². The first-order valence-corrected chi connectivity index (χ1v) is 9.02. The fraction of sp³-hybridized carbons (Fsp3) is 0.533. The monoisotopic (exact) mass is 363 g/mol. The summed E-state index contributed by atoms with van der Waals surface area (Å²) >= 11 is 0. The van der Waals surface area contributed by atoms with Crippen molar-refractivity contribution in [2.75, 3.05) is 13.1 Å². The number of carbonyl (C=O) groups is 1. The van der Waals surface area contributed by atoms with Gasteiger partial charge in [0.1, 0.15) is 0 Å². The van der Waals surface area contributed by atoms with Gasteiger partial charge in [0.15, 0.2) is 0 Å². The Morgan fingerprint density at radius 1 is 1.26 bits per heavy atom. The molecule has 4 N–H and O–H groups in total. The first-order chi connectivity index (χ1) is 10.5. The molecule has 1 atom stereocenters. The number of benzene rings is 1. The van der Waals surface area contributed by atoms with Crippen molar-refractivity contribution < 1.29 is 13.2 Å². The largest absolute Gasteiger partial charge is 0.352 e. The van der Waals surface area contributed by atoms with E-state index in [0.717, 1.165) is 19.3 Å². The Morgan fingerprint density at radius 3 is 2.48 bits per heavy atom. The molecule has 0 aliphatic carbocycles. The lowest BCUT2D eigenvalue weighted by atomic mass is 10.1. The van der Waals surface area contributed by atoms with Crippen molar-refractivity contribution in [2.45, 2.75) is 43.5 Å². The van der Waals surface area contributed by atoms with Crippen LogP contribution in [0.25, 0.3) is 0 Å². The van der Waals surface area contributed by atoms with E-state index in [1.165, 1.54) is 12.1 Å². The van der Waals surface area contributed by atoms with E-state index >= 15 is 0 Å². The highest BCUT2D eigenvalue weighted by Gasteiger charge is 2.14. The molecule has 0 aliphatic heterocycles. The van der Waals surface area contributed by atoms with Crippen LogP contribution in [-0.4, -0.2) is 33.5 Å². The van der Waals surface area contributed by atoms with Gasteiger partial charge in [-0.3, -0.25) is 4.79 Å². The summed E-state index contributed by atoms with van der Waals surface area (Å²) < 4.78 is 26.4. The molecule has 0 aliphatic rings. The maximum absolute atomic E-state index is 12.0. The molecule has 6 nitrogen and oxygen atoms in total. The topological polar surface area (TPSA) is 101 Å². The molecule has 1 aromatic rings. The number of hydrogen-bond acceptors (Lipinski definition) is 4. The number of halogens is 1. The molecule has 1 aromatic carbocycles. The van der Waals surface area contributed by atoms with Crippen LogP contribution in [0.5, 0.6) is 0 Å². The number of unbranched alkanes of at least 4 members (excludes halogenated alkanes) is 1. The number of nitrogens with two attached hydrogens (primary N) is 1. The first-order valence-electron chi connectivity index (χ1n) is 7.53. The third kappa shape index (κ3) is 8.31. The van der Waals surface area contributed by atoms with Crippen LogP contribution in [0.3, 0.4) is 0 Å². The Labute approximate surface area is 144 Å². The summed E-state index contributed by atoms with van der Waals surface area (Å²) in [5.41, 5.74) is 5.61. The van der Waals surface area contributed by atoms with Gasteiger partial charge in [-0.1, -0.05) is 38.0 Å². The highest BCUT2D eigenvalue weighted by atomic mass is 35.5. The molecule has 0 aromatic heterocycles. The lowest BCUT2D eigenvalue weighted by Crippen LogP contribution is -2.41. The van der Waals surface area contributed by atoms with Gasteiger partial charge in [-0.05, 0) is 18.6 Å². The number of amides is 1. The van der Waals surface area contributed by atoms with Crippen LogP contribution in [0.4, 0.5) is 0 Å². The Kier molecular flexibility index (Phi) is 10.8. The minimum Gasteiger partial charge on any atom is -0.352 e. The number of sulfonamides is 1. The van der Waals surface area contributed by atoms with Crippen LogP contribution >= 0.6 is 12.4 Å². The van der Waals surface area contributed by atoms with Crippen molar-refractivity contribution in [3.63, 3.8) is 0 Å². The second-order valence-electron chi connectivity index (χ2n) is 5.10. The van der Waals surface area contributed by atoms with Gasteiger partial charge in [0.25, 0.3) is 0 Å². The predicted octanol–water partition coefficient (Wildman–Crippen LogP) is 1.41. The lowest BCUT2D eigenvalue weighted by molar-refractivity contribution is -0.121. The summed E-state index contributed by atoms with van der Waals surface area (Å²) in [7, 11) is -3.56. The molecule has 0 spiro atoms. The van der Waals surface area contributed by atoms with E-state index in [0.29, 0.717) is 6.54 Å².